The van der Waals surface area contributed by atoms with Gasteiger partial charge in [-0.25, -0.2) is 0 Å². The van der Waals surface area contributed by atoms with E-state index in [4.69, 9.17) is 4.52 Å². The summed E-state index contributed by atoms with van der Waals surface area (Å²) in [5.74, 6) is -0.889. The van der Waals surface area contributed by atoms with Crippen LogP contribution in [0.3, 0.4) is 0 Å². The second kappa shape index (κ2) is 5.44. The summed E-state index contributed by atoms with van der Waals surface area (Å²) in [6.07, 6.45) is 0.986. The lowest BCUT2D eigenvalue weighted by atomic mass is 10.1. The molecule has 0 aromatic carbocycles. The number of rotatable bonds is 3. The number of hydrogen-bond acceptors (Lipinski definition) is 5. The Kier molecular flexibility index (Phi) is 3.87. The summed E-state index contributed by atoms with van der Waals surface area (Å²) in [5, 5.41) is 6.07. The zero-order valence-electron chi connectivity index (χ0n) is 11.7. The maximum atomic E-state index is 12.6. The number of aryl methyl sites for hydroxylation is 2. The Morgan fingerprint density at radius 2 is 2.15 bits per heavy atom. The molecule has 0 aliphatic carbocycles. The van der Waals surface area contributed by atoms with E-state index >= 15 is 0 Å². The number of carbonyl (C=O) groups excluding carboxylic acids is 3. The van der Waals surface area contributed by atoms with E-state index in [0.717, 1.165) is 0 Å². The van der Waals surface area contributed by atoms with Crippen LogP contribution in [0.15, 0.2) is 4.52 Å². The summed E-state index contributed by atoms with van der Waals surface area (Å²) >= 11 is 0. The Hall–Kier alpha value is -2.18. The molecule has 1 aromatic heterocycles. The molecule has 1 aliphatic rings. The Morgan fingerprint density at radius 3 is 2.75 bits per heavy atom. The van der Waals surface area contributed by atoms with Crippen molar-refractivity contribution in [3.05, 3.63) is 17.0 Å². The lowest BCUT2D eigenvalue weighted by Gasteiger charge is -2.33. The van der Waals surface area contributed by atoms with E-state index in [1.54, 1.807) is 13.8 Å². The van der Waals surface area contributed by atoms with Gasteiger partial charge >= 0.3 is 0 Å². The molecule has 1 aliphatic heterocycles. The number of nitrogens with zero attached hydrogens (tertiary/aromatic N) is 2. The van der Waals surface area contributed by atoms with E-state index in [0.29, 0.717) is 29.9 Å². The molecule has 7 heteroatoms. The average Bonchev–Trinajstić information content (AvgIpc) is 2.78. The molecule has 1 unspecified atom stereocenters. The van der Waals surface area contributed by atoms with Gasteiger partial charge in [0.2, 0.25) is 11.8 Å². The van der Waals surface area contributed by atoms with Gasteiger partial charge < -0.3 is 9.42 Å². The largest absolute Gasteiger partial charge is 0.361 e. The van der Waals surface area contributed by atoms with Crippen LogP contribution < -0.4 is 5.32 Å². The van der Waals surface area contributed by atoms with E-state index in [1.807, 2.05) is 6.92 Å². The number of nitrogens with one attached hydrogen (secondary N) is 1. The fraction of sp³-hybridized carbons (Fsp3) is 0.538. The predicted octanol–water partition coefficient (Wildman–Crippen LogP) is 0.423. The molecule has 1 fully saturated rings. The number of aromatic nitrogens is 1. The van der Waals surface area contributed by atoms with Gasteiger partial charge in [-0.3, -0.25) is 19.7 Å². The van der Waals surface area contributed by atoms with E-state index in [2.05, 4.69) is 10.5 Å². The Balaban J connectivity index is 2.37. The van der Waals surface area contributed by atoms with Crippen molar-refractivity contribution in [2.45, 2.75) is 39.7 Å². The Morgan fingerprint density at radius 1 is 1.45 bits per heavy atom. The van der Waals surface area contributed by atoms with Gasteiger partial charge in [0.15, 0.2) is 0 Å². The first-order valence-corrected chi connectivity index (χ1v) is 6.59. The molecule has 108 valence electrons. The second-order valence-electron chi connectivity index (χ2n) is 4.68. The highest BCUT2D eigenvalue weighted by molar-refractivity contribution is 6.07. The third kappa shape index (κ3) is 2.31. The Labute approximate surface area is 116 Å². The van der Waals surface area contributed by atoms with E-state index in [9.17, 15) is 14.4 Å². The standard InChI is InChI=1S/C13H17N3O4/c1-4-8-11(7(3)20-15-8)13(19)16-6-10(17)14-12(18)9(16)5-2/h9H,4-6H2,1-3H3,(H,14,17,18). The molecule has 1 aromatic rings. The average molecular weight is 279 g/mol. The van der Waals surface area contributed by atoms with Crippen LogP contribution in [0.25, 0.3) is 0 Å². The van der Waals surface area contributed by atoms with Crippen molar-refractivity contribution in [1.82, 2.24) is 15.4 Å². The summed E-state index contributed by atoms with van der Waals surface area (Å²) in [6, 6.07) is -0.640. The molecule has 0 radical (unpaired) electrons. The molecule has 0 spiro atoms. The molecule has 1 atom stereocenters. The maximum absolute atomic E-state index is 12.6. The smallest absolute Gasteiger partial charge is 0.260 e. The normalized spacial score (nSPS) is 19.1. The van der Waals surface area contributed by atoms with Gasteiger partial charge in [0.25, 0.3) is 5.91 Å². The number of piperazine rings is 1. The zero-order valence-corrected chi connectivity index (χ0v) is 11.7. The highest BCUT2D eigenvalue weighted by Crippen LogP contribution is 2.20. The van der Waals surface area contributed by atoms with Gasteiger partial charge in [-0.1, -0.05) is 19.0 Å². The third-order valence-corrected chi connectivity index (χ3v) is 3.39. The topological polar surface area (TPSA) is 92.5 Å². The van der Waals surface area contributed by atoms with Crippen LogP contribution in [-0.4, -0.2) is 40.4 Å². The first kappa shape index (κ1) is 14.2. The lowest BCUT2D eigenvalue weighted by Crippen LogP contribution is -2.59. The quantitative estimate of drug-likeness (QED) is 0.810. The first-order chi connectivity index (χ1) is 9.49. The molecular formula is C13H17N3O4. The van der Waals surface area contributed by atoms with Crippen LogP contribution in [0.4, 0.5) is 0 Å². The molecule has 3 amide bonds. The maximum Gasteiger partial charge on any atom is 0.260 e. The minimum Gasteiger partial charge on any atom is -0.361 e. The first-order valence-electron chi connectivity index (χ1n) is 6.59. The minimum absolute atomic E-state index is 0.128. The highest BCUT2D eigenvalue weighted by Gasteiger charge is 2.37. The van der Waals surface area contributed by atoms with Crippen molar-refractivity contribution in [3.63, 3.8) is 0 Å². The van der Waals surface area contributed by atoms with Crippen molar-refractivity contribution in [2.24, 2.45) is 0 Å². The molecule has 1 N–H and O–H groups in total. The van der Waals surface area contributed by atoms with E-state index in [-0.39, 0.29) is 12.5 Å². The van der Waals surface area contributed by atoms with Crippen molar-refractivity contribution >= 4 is 17.7 Å². The SMILES string of the molecule is CCc1noc(C)c1C(=O)N1CC(=O)NC(=O)C1CC. The molecule has 0 saturated carbocycles. The van der Waals surface area contributed by atoms with Crippen LogP contribution in [0.2, 0.25) is 0 Å². The van der Waals surface area contributed by atoms with Crippen molar-refractivity contribution in [3.8, 4) is 0 Å². The van der Waals surface area contributed by atoms with Gasteiger partial charge in [-0.2, -0.15) is 0 Å². The molecule has 2 rings (SSSR count). The second-order valence-corrected chi connectivity index (χ2v) is 4.68. The molecule has 2 heterocycles. The number of amides is 3. The summed E-state index contributed by atoms with van der Waals surface area (Å²) < 4.78 is 5.04. The summed E-state index contributed by atoms with van der Waals surface area (Å²) in [7, 11) is 0. The molecule has 20 heavy (non-hydrogen) atoms. The van der Waals surface area contributed by atoms with Crippen LogP contribution in [-0.2, 0) is 16.0 Å². The van der Waals surface area contributed by atoms with E-state index < -0.39 is 17.9 Å². The van der Waals surface area contributed by atoms with E-state index in [1.165, 1.54) is 4.90 Å². The van der Waals surface area contributed by atoms with Crippen LogP contribution in [0, 0.1) is 6.92 Å². The minimum atomic E-state index is -0.640. The summed E-state index contributed by atoms with van der Waals surface area (Å²) in [5.41, 5.74) is 0.897. The summed E-state index contributed by atoms with van der Waals surface area (Å²) in [4.78, 5) is 37.2. The van der Waals surface area contributed by atoms with Crippen LogP contribution >= 0.6 is 0 Å². The van der Waals surface area contributed by atoms with Gasteiger partial charge in [0.1, 0.15) is 23.9 Å². The fourth-order valence-corrected chi connectivity index (χ4v) is 2.36. The zero-order chi connectivity index (χ0) is 14.9. The summed E-state index contributed by atoms with van der Waals surface area (Å²) in [6.45, 7) is 5.17. The Bertz CT molecular complexity index is 564. The molecule has 0 bridgehead atoms. The molecule has 7 nitrogen and oxygen atoms in total. The van der Waals surface area contributed by atoms with Gasteiger partial charge in [-0.05, 0) is 19.8 Å². The monoisotopic (exact) mass is 279 g/mol. The van der Waals surface area contributed by atoms with Crippen LogP contribution in [0.1, 0.15) is 42.1 Å². The molecular weight excluding hydrogens is 262 g/mol. The van der Waals surface area contributed by atoms with Crippen LogP contribution in [0.5, 0.6) is 0 Å². The highest BCUT2D eigenvalue weighted by atomic mass is 16.5. The number of carbonyl (C=O) groups is 3. The van der Waals surface area contributed by atoms with Gasteiger partial charge in [-0.15, -0.1) is 0 Å². The predicted molar refractivity (Wildman–Crippen MR) is 68.9 cm³/mol. The van der Waals surface area contributed by atoms with Crippen molar-refractivity contribution < 1.29 is 18.9 Å². The number of imide groups is 1. The van der Waals surface area contributed by atoms with Gasteiger partial charge in [0, 0.05) is 0 Å². The van der Waals surface area contributed by atoms with Gasteiger partial charge in [0.05, 0.1) is 5.69 Å². The fourth-order valence-electron chi connectivity index (χ4n) is 2.36. The number of hydrogen-bond donors (Lipinski definition) is 1. The van der Waals surface area contributed by atoms with Crippen molar-refractivity contribution in [2.75, 3.05) is 6.54 Å². The lowest BCUT2D eigenvalue weighted by molar-refractivity contribution is -0.138. The molecule has 1 saturated heterocycles. The van der Waals surface area contributed by atoms with Crippen molar-refractivity contribution in [1.29, 1.82) is 0 Å². The third-order valence-electron chi connectivity index (χ3n) is 3.39.